The lowest BCUT2D eigenvalue weighted by molar-refractivity contribution is 0.168. The molecule has 0 saturated carbocycles. The summed E-state index contributed by atoms with van der Waals surface area (Å²) in [5.74, 6) is 1.61. The number of benzene rings is 2. The molecule has 2 unspecified atom stereocenters. The van der Waals surface area contributed by atoms with Crippen LogP contribution >= 0.6 is 24.0 Å². The van der Waals surface area contributed by atoms with Gasteiger partial charge in [0.15, 0.2) is 5.96 Å². The molecule has 0 saturated heterocycles. The summed E-state index contributed by atoms with van der Waals surface area (Å²) < 4.78 is 5.53. The van der Waals surface area contributed by atoms with E-state index in [1.165, 1.54) is 0 Å². The van der Waals surface area contributed by atoms with E-state index in [4.69, 9.17) is 9.73 Å². The van der Waals surface area contributed by atoms with Crippen molar-refractivity contribution in [1.29, 1.82) is 0 Å². The van der Waals surface area contributed by atoms with Crippen molar-refractivity contribution in [2.45, 2.75) is 25.5 Å². The van der Waals surface area contributed by atoms with Crippen molar-refractivity contribution in [3.8, 4) is 5.75 Å². The van der Waals surface area contributed by atoms with Crippen LogP contribution in [0.1, 0.15) is 36.6 Å². The Morgan fingerprint density at radius 3 is 2.37 bits per heavy atom. The van der Waals surface area contributed by atoms with Gasteiger partial charge in [0.1, 0.15) is 5.75 Å². The van der Waals surface area contributed by atoms with Crippen LogP contribution in [0, 0.1) is 0 Å². The van der Waals surface area contributed by atoms with Crippen molar-refractivity contribution in [3.63, 3.8) is 0 Å². The number of rotatable bonds is 10. The molecular formula is C23H35IN4O2. The first-order valence-corrected chi connectivity index (χ1v) is 10.1. The van der Waals surface area contributed by atoms with E-state index in [-0.39, 0.29) is 30.0 Å². The molecule has 0 bridgehead atoms. The number of methoxy groups -OCH3 is 1. The zero-order chi connectivity index (χ0) is 21.1. The summed E-state index contributed by atoms with van der Waals surface area (Å²) in [7, 11) is 5.78. The summed E-state index contributed by atoms with van der Waals surface area (Å²) in [4.78, 5) is 6.91. The topological polar surface area (TPSA) is 69.1 Å². The van der Waals surface area contributed by atoms with Crippen LogP contribution in [-0.4, -0.2) is 56.8 Å². The van der Waals surface area contributed by atoms with E-state index in [1.807, 2.05) is 69.6 Å². The minimum absolute atomic E-state index is 0. The Morgan fingerprint density at radius 2 is 1.73 bits per heavy atom. The van der Waals surface area contributed by atoms with E-state index in [1.54, 1.807) is 7.11 Å². The summed E-state index contributed by atoms with van der Waals surface area (Å²) in [6.45, 7) is 4.03. The number of hydrogen-bond acceptors (Lipinski definition) is 4. The lowest BCUT2D eigenvalue weighted by atomic mass is 10.0. The smallest absolute Gasteiger partial charge is 0.191 e. The highest BCUT2D eigenvalue weighted by Crippen LogP contribution is 2.28. The molecule has 2 rings (SSSR count). The minimum atomic E-state index is -0.491. The molecule has 0 amide bonds. The van der Waals surface area contributed by atoms with Crippen LogP contribution in [0.15, 0.2) is 59.6 Å². The maximum absolute atomic E-state index is 10.3. The zero-order valence-electron chi connectivity index (χ0n) is 18.3. The summed E-state index contributed by atoms with van der Waals surface area (Å²) in [6, 6.07) is 17.9. The van der Waals surface area contributed by atoms with Crippen LogP contribution in [0.5, 0.6) is 5.75 Å². The molecule has 0 heterocycles. The predicted molar refractivity (Wildman–Crippen MR) is 135 cm³/mol. The van der Waals surface area contributed by atoms with Gasteiger partial charge < -0.3 is 25.4 Å². The fourth-order valence-electron chi connectivity index (χ4n) is 3.17. The summed E-state index contributed by atoms with van der Waals surface area (Å²) in [6.07, 6.45) is 0.118. The normalized spacial score (nSPS) is 13.3. The monoisotopic (exact) mass is 526 g/mol. The van der Waals surface area contributed by atoms with E-state index >= 15 is 0 Å². The van der Waals surface area contributed by atoms with Gasteiger partial charge in [0, 0.05) is 18.7 Å². The van der Waals surface area contributed by atoms with Gasteiger partial charge in [-0.05, 0) is 39.1 Å². The van der Waals surface area contributed by atoms with Crippen LogP contribution < -0.4 is 15.4 Å². The molecule has 2 aromatic rings. The van der Waals surface area contributed by atoms with Gasteiger partial charge in [-0.25, -0.2) is 0 Å². The SMILES string of the molecule is CCNC(=NCC(c1ccccc1OC)N(C)C)NCCC(O)c1ccccc1.I. The van der Waals surface area contributed by atoms with Crippen molar-refractivity contribution < 1.29 is 9.84 Å². The van der Waals surface area contributed by atoms with E-state index in [2.05, 4.69) is 21.6 Å². The number of nitrogens with one attached hydrogen (secondary N) is 2. The molecule has 0 aliphatic heterocycles. The van der Waals surface area contributed by atoms with Gasteiger partial charge in [-0.3, -0.25) is 4.99 Å². The van der Waals surface area contributed by atoms with Gasteiger partial charge in [0.25, 0.3) is 0 Å². The van der Waals surface area contributed by atoms with E-state index in [0.717, 1.165) is 29.4 Å². The van der Waals surface area contributed by atoms with Crippen molar-refractivity contribution >= 4 is 29.9 Å². The van der Waals surface area contributed by atoms with E-state index < -0.39 is 6.10 Å². The van der Waals surface area contributed by atoms with Crippen LogP contribution in [0.25, 0.3) is 0 Å². The van der Waals surface area contributed by atoms with Crippen LogP contribution in [-0.2, 0) is 0 Å². The maximum Gasteiger partial charge on any atom is 0.191 e. The molecule has 0 spiro atoms. The zero-order valence-corrected chi connectivity index (χ0v) is 20.7. The summed E-state index contributed by atoms with van der Waals surface area (Å²) in [5.41, 5.74) is 2.04. The molecule has 0 fully saturated rings. The van der Waals surface area contributed by atoms with Crippen LogP contribution in [0.3, 0.4) is 0 Å². The molecule has 2 aromatic carbocycles. The standard InChI is InChI=1S/C23H34N4O2.HI/c1-5-24-23(25-16-15-21(28)18-11-7-6-8-12-18)26-17-20(27(2)3)19-13-9-10-14-22(19)29-4;/h6-14,20-21,28H,5,15-17H2,1-4H3,(H2,24,25,26);1H. The molecule has 7 heteroatoms. The van der Waals surface area contributed by atoms with Crippen molar-refractivity contribution in [1.82, 2.24) is 15.5 Å². The molecule has 30 heavy (non-hydrogen) atoms. The Labute approximate surface area is 197 Å². The second-order valence-corrected chi connectivity index (χ2v) is 7.08. The van der Waals surface area contributed by atoms with Gasteiger partial charge in [-0.2, -0.15) is 0 Å². The molecule has 6 nitrogen and oxygen atoms in total. The third kappa shape index (κ3) is 8.12. The number of hydrogen-bond donors (Lipinski definition) is 3. The second kappa shape index (κ2) is 14.2. The summed E-state index contributed by atoms with van der Waals surface area (Å²) >= 11 is 0. The number of nitrogens with zero attached hydrogens (tertiary/aromatic N) is 2. The number of aliphatic imine (C=N–C) groups is 1. The Hall–Kier alpha value is -1.84. The first-order chi connectivity index (χ1) is 14.1. The van der Waals surface area contributed by atoms with E-state index in [9.17, 15) is 5.11 Å². The second-order valence-electron chi connectivity index (χ2n) is 7.08. The molecule has 0 radical (unpaired) electrons. The molecular weight excluding hydrogens is 491 g/mol. The fraction of sp³-hybridized carbons (Fsp3) is 0.435. The number of para-hydroxylation sites is 1. The Bertz CT molecular complexity index is 756. The minimum Gasteiger partial charge on any atom is -0.496 e. The highest BCUT2D eigenvalue weighted by molar-refractivity contribution is 14.0. The average Bonchev–Trinajstić information content (AvgIpc) is 2.74. The number of guanidine groups is 1. The first kappa shape index (κ1) is 26.2. The number of likely N-dealkylation sites (N-methyl/N-ethyl adjacent to an activating group) is 1. The van der Waals surface area contributed by atoms with Gasteiger partial charge in [-0.15, -0.1) is 24.0 Å². The highest BCUT2D eigenvalue weighted by Gasteiger charge is 2.18. The fourth-order valence-corrected chi connectivity index (χ4v) is 3.17. The van der Waals surface area contributed by atoms with E-state index in [0.29, 0.717) is 19.5 Å². The average molecular weight is 526 g/mol. The van der Waals surface area contributed by atoms with Gasteiger partial charge in [-0.1, -0.05) is 48.5 Å². The van der Waals surface area contributed by atoms with Crippen molar-refractivity contribution in [2.75, 3.05) is 40.8 Å². The molecule has 0 aliphatic rings. The quantitative estimate of drug-likeness (QED) is 0.251. The highest BCUT2D eigenvalue weighted by atomic mass is 127. The third-order valence-corrected chi connectivity index (χ3v) is 4.78. The Kier molecular flexibility index (Phi) is 12.4. The predicted octanol–water partition coefficient (Wildman–Crippen LogP) is 3.59. The molecule has 0 aromatic heterocycles. The Balaban J connectivity index is 0.00000450. The molecule has 3 N–H and O–H groups in total. The summed E-state index contributed by atoms with van der Waals surface area (Å²) in [5, 5.41) is 16.9. The number of aliphatic hydroxyl groups is 1. The van der Waals surface area contributed by atoms with Gasteiger partial charge in [0.05, 0.1) is 25.8 Å². The van der Waals surface area contributed by atoms with Gasteiger partial charge >= 0.3 is 0 Å². The molecule has 0 aliphatic carbocycles. The first-order valence-electron chi connectivity index (χ1n) is 10.1. The Morgan fingerprint density at radius 1 is 1.07 bits per heavy atom. The largest absolute Gasteiger partial charge is 0.496 e. The van der Waals surface area contributed by atoms with Crippen molar-refractivity contribution in [2.24, 2.45) is 4.99 Å². The molecule has 166 valence electrons. The van der Waals surface area contributed by atoms with Crippen LogP contribution in [0.4, 0.5) is 0 Å². The number of halogens is 1. The van der Waals surface area contributed by atoms with Gasteiger partial charge in [0.2, 0.25) is 0 Å². The third-order valence-electron chi connectivity index (χ3n) is 4.78. The van der Waals surface area contributed by atoms with Crippen LogP contribution in [0.2, 0.25) is 0 Å². The lowest BCUT2D eigenvalue weighted by Crippen LogP contribution is -2.39. The number of aliphatic hydroxyl groups excluding tert-OH is 1. The lowest BCUT2D eigenvalue weighted by Gasteiger charge is -2.25. The maximum atomic E-state index is 10.3. The van der Waals surface area contributed by atoms with Crippen molar-refractivity contribution in [3.05, 3.63) is 65.7 Å². The number of ether oxygens (including phenoxy) is 1. The molecule has 2 atom stereocenters.